The van der Waals surface area contributed by atoms with E-state index in [2.05, 4.69) is 15.3 Å². The molecule has 2 rings (SSSR count). The lowest BCUT2D eigenvalue weighted by atomic mass is 10.3. The lowest BCUT2D eigenvalue weighted by molar-refractivity contribution is -0.383. The van der Waals surface area contributed by atoms with Crippen LogP contribution < -0.4 is 10.2 Å². The quantitative estimate of drug-likeness (QED) is 0.614. The Morgan fingerprint density at radius 3 is 2.62 bits per heavy atom. The summed E-state index contributed by atoms with van der Waals surface area (Å²) in [5, 5.41) is 14.2. The van der Waals surface area contributed by atoms with E-state index in [4.69, 9.17) is 0 Å². The van der Waals surface area contributed by atoms with Gasteiger partial charge in [0.15, 0.2) is 9.84 Å². The smallest absolute Gasteiger partial charge is 0.353 e. The summed E-state index contributed by atoms with van der Waals surface area (Å²) in [6, 6.07) is 0. The Morgan fingerprint density at radius 2 is 2.05 bits per heavy atom. The first-order valence-electron chi connectivity index (χ1n) is 6.63. The molecule has 0 aromatic carbocycles. The van der Waals surface area contributed by atoms with Crippen LogP contribution in [-0.2, 0) is 9.84 Å². The third kappa shape index (κ3) is 3.57. The molecule has 9 nitrogen and oxygen atoms in total. The summed E-state index contributed by atoms with van der Waals surface area (Å²) < 4.78 is 22.9. The first kappa shape index (κ1) is 15.4. The highest BCUT2D eigenvalue weighted by Crippen LogP contribution is 2.32. The van der Waals surface area contributed by atoms with Crippen LogP contribution in [0.5, 0.6) is 0 Å². The predicted molar refractivity (Wildman–Crippen MR) is 78.3 cm³/mol. The Hall–Kier alpha value is -1.97. The second-order valence-corrected chi connectivity index (χ2v) is 7.02. The van der Waals surface area contributed by atoms with Gasteiger partial charge in [-0.2, -0.15) is 0 Å². The van der Waals surface area contributed by atoms with Gasteiger partial charge in [0.1, 0.15) is 6.33 Å². The fourth-order valence-electron chi connectivity index (χ4n) is 2.07. The predicted octanol–water partition coefficient (Wildman–Crippen LogP) is 0.442. The molecule has 1 N–H and O–H groups in total. The van der Waals surface area contributed by atoms with Gasteiger partial charge in [-0.1, -0.05) is 6.92 Å². The van der Waals surface area contributed by atoms with Crippen LogP contribution >= 0.6 is 0 Å². The molecule has 1 aromatic rings. The van der Waals surface area contributed by atoms with Crippen LogP contribution in [0, 0.1) is 10.1 Å². The fourth-order valence-corrected chi connectivity index (χ4v) is 3.27. The van der Waals surface area contributed by atoms with E-state index in [0.29, 0.717) is 6.54 Å². The highest BCUT2D eigenvalue weighted by Gasteiger charge is 2.30. The summed E-state index contributed by atoms with van der Waals surface area (Å²) in [5.41, 5.74) is -0.203. The van der Waals surface area contributed by atoms with E-state index >= 15 is 0 Å². The normalized spacial score (nSPS) is 17.5. The monoisotopic (exact) mass is 315 g/mol. The van der Waals surface area contributed by atoms with E-state index in [1.165, 1.54) is 6.33 Å². The van der Waals surface area contributed by atoms with E-state index in [1.54, 1.807) is 4.90 Å². The average Bonchev–Trinajstić information content (AvgIpc) is 2.44. The first-order valence-corrected chi connectivity index (χ1v) is 8.45. The summed E-state index contributed by atoms with van der Waals surface area (Å²) >= 11 is 0. The second kappa shape index (κ2) is 6.20. The van der Waals surface area contributed by atoms with Crippen LogP contribution in [-0.4, -0.2) is 54.4 Å². The minimum Gasteiger partial charge on any atom is -0.364 e. The summed E-state index contributed by atoms with van der Waals surface area (Å²) in [6.45, 7) is 2.91. The number of aromatic nitrogens is 2. The topological polar surface area (TPSA) is 118 Å². The number of nitro groups is 1. The van der Waals surface area contributed by atoms with E-state index in [9.17, 15) is 18.5 Å². The zero-order valence-corrected chi connectivity index (χ0v) is 12.5. The van der Waals surface area contributed by atoms with Gasteiger partial charge in [-0.25, -0.2) is 18.4 Å². The summed E-state index contributed by atoms with van der Waals surface area (Å²) in [7, 11) is -3.05. The molecule has 1 aromatic heterocycles. The molecular formula is C11H17N5O4S. The molecule has 10 heteroatoms. The van der Waals surface area contributed by atoms with E-state index < -0.39 is 14.8 Å². The molecule has 1 fully saturated rings. The second-order valence-electron chi connectivity index (χ2n) is 4.72. The van der Waals surface area contributed by atoms with Gasteiger partial charge >= 0.3 is 5.69 Å². The van der Waals surface area contributed by atoms with Gasteiger partial charge in [-0.05, 0) is 6.42 Å². The summed E-state index contributed by atoms with van der Waals surface area (Å²) in [4.78, 5) is 20.3. The lowest BCUT2D eigenvalue weighted by Gasteiger charge is -2.27. The minimum atomic E-state index is -3.05. The van der Waals surface area contributed by atoms with Crippen LogP contribution in [0.2, 0.25) is 0 Å². The average molecular weight is 315 g/mol. The van der Waals surface area contributed by atoms with Crippen molar-refractivity contribution < 1.29 is 13.3 Å². The van der Waals surface area contributed by atoms with Gasteiger partial charge in [0.2, 0.25) is 11.6 Å². The molecule has 0 unspecified atom stereocenters. The van der Waals surface area contributed by atoms with Crippen molar-refractivity contribution in [1.82, 2.24) is 9.97 Å². The highest BCUT2D eigenvalue weighted by atomic mass is 32.2. The molecule has 0 saturated carbocycles. The fraction of sp³-hybridized carbons (Fsp3) is 0.636. The molecule has 116 valence electrons. The molecule has 1 aliphatic rings. The van der Waals surface area contributed by atoms with Crippen molar-refractivity contribution in [1.29, 1.82) is 0 Å². The zero-order chi connectivity index (χ0) is 15.5. The molecule has 0 atom stereocenters. The number of nitrogens with zero attached hydrogens (tertiary/aromatic N) is 4. The number of hydrogen-bond donors (Lipinski definition) is 1. The maximum Gasteiger partial charge on any atom is 0.353 e. The van der Waals surface area contributed by atoms with Crippen molar-refractivity contribution in [3.05, 3.63) is 16.4 Å². The Balaban J connectivity index is 2.32. The molecule has 0 amide bonds. The summed E-state index contributed by atoms with van der Waals surface area (Å²) in [6.07, 6.45) is 2.06. The minimum absolute atomic E-state index is 0.0219. The molecule has 2 heterocycles. The third-order valence-electron chi connectivity index (χ3n) is 3.17. The highest BCUT2D eigenvalue weighted by molar-refractivity contribution is 7.91. The number of anilines is 2. The summed E-state index contributed by atoms with van der Waals surface area (Å²) in [5.74, 6) is 0.293. The molecule has 21 heavy (non-hydrogen) atoms. The van der Waals surface area contributed by atoms with E-state index in [0.717, 1.165) is 6.42 Å². The Labute approximate surface area is 122 Å². The third-order valence-corrected chi connectivity index (χ3v) is 4.78. The lowest BCUT2D eigenvalue weighted by Crippen LogP contribution is -2.41. The SMILES string of the molecule is CCCNc1ncnc(N2CCS(=O)(=O)CC2)c1[N+](=O)[O-]. The first-order chi connectivity index (χ1) is 9.94. The van der Waals surface area contributed by atoms with Crippen LogP contribution in [0.4, 0.5) is 17.3 Å². The number of hydrogen-bond acceptors (Lipinski definition) is 8. The van der Waals surface area contributed by atoms with E-state index in [1.807, 2.05) is 6.92 Å². The zero-order valence-electron chi connectivity index (χ0n) is 11.7. The molecule has 0 aliphatic carbocycles. The molecule has 0 spiro atoms. The molecule has 0 radical (unpaired) electrons. The van der Waals surface area contributed by atoms with Crippen LogP contribution in [0.15, 0.2) is 6.33 Å². The van der Waals surface area contributed by atoms with Gasteiger partial charge < -0.3 is 10.2 Å². The van der Waals surface area contributed by atoms with Crippen LogP contribution in [0.25, 0.3) is 0 Å². The maximum absolute atomic E-state index is 11.4. The van der Waals surface area contributed by atoms with Crippen molar-refractivity contribution >= 4 is 27.2 Å². The van der Waals surface area contributed by atoms with Crippen molar-refractivity contribution in [2.75, 3.05) is 41.4 Å². The van der Waals surface area contributed by atoms with Crippen LogP contribution in [0.3, 0.4) is 0 Å². The number of nitrogens with one attached hydrogen (secondary N) is 1. The van der Waals surface area contributed by atoms with Crippen molar-refractivity contribution in [3.8, 4) is 0 Å². The number of sulfone groups is 1. The Kier molecular flexibility index (Phi) is 4.56. The van der Waals surface area contributed by atoms with Crippen LogP contribution in [0.1, 0.15) is 13.3 Å². The number of rotatable bonds is 5. The molecule has 1 saturated heterocycles. The van der Waals surface area contributed by atoms with Crippen molar-refractivity contribution in [3.63, 3.8) is 0 Å². The van der Waals surface area contributed by atoms with E-state index in [-0.39, 0.29) is 41.9 Å². The Morgan fingerprint density at radius 1 is 1.38 bits per heavy atom. The van der Waals surface area contributed by atoms with Gasteiger partial charge in [0.05, 0.1) is 16.4 Å². The van der Waals surface area contributed by atoms with Gasteiger partial charge in [-0.3, -0.25) is 10.1 Å². The largest absolute Gasteiger partial charge is 0.364 e. The molecule has 1 aliphatic heterocycles. The van der Waals surface area contributed by atoms with Gasteiger partial charge in [-0.15, -0.1) is 0 Å². The van der Waals surface area contributed by atoms with Gasteiger partial charge in [0.25, 0.3) is 0 Å². The molecular weight excluding hydrogens is 298 g/mol. The van der Waals surface area contributed by atoms with Gasteiger partial charge in [0, 0.05) is 19.6 Å². The van der Waals surface area contributed by atoms with Crippen molar-refractivity contribution in [2.45, 2.75) is 13.3 Å². The standard InChI is InChI=1S/C11H17N5O4S/c1-2-3-12-10-9(16(17)18)11(14-8-13-10)15-4-6-21(19,20)7-5-15/h8H,2-7H2,1H3,(H,12,13,14). The maximum atomic E-state index is 11.4. The Bertz CT molecular complexity index is 620. The molecule has 0 bridgehead atoms. The van der Waals surface area contributed by atoms with Crippen molar-refractivity contribution in [2.24, 2.45) is 0 Å².